The van der Waals surface area contributed by atoms with Crippen molar-refractivity contribution >= 4 is 5.91 Å². The highest BCUT2D eigenvalue weighted by Gasteiger charge is 2.54. The first-order valence-electron chi connectivity index (χ1n) is 11.2. The number of aryl methyl sites for hydroxylation is 1. The van der Waals surface area contributed by atoms with Crippen molar-refractivity contribution in [3.05, 3.63) is 83.2 Å². The summed E-state index contributed by atoms with van der Waals surface area (Å²) in [4.78, 5) is 20.6. The summed E-state index contributed by atoms with van der Waals surface area (Å²) in [5.41, 5.74) is 2.71. The van der Waals surface area contributed by atoms with Crippen LogP contribution in [0.2, 0.25) is 0 Å². The molecule has 5 rings (SSSR count). The lowest BCUT2D eigenvalue weighted by Gasteiger charge is -2.29. The number of carbonyl (C=O) groups is 1. The molecule has 166 valence electrons. The molecule has 1 aliphatic carbocycles. The van der Waals surface area contributed by atoms with Crippen molar-refractivity contribution in [3.63, 3.8) is 0 Å². The summed E-state index contributed by atoms with van der Waals surface area (Å²) in [6.45, 7) is 3.40. The van der Waals surface area contributed by atoms with E-state index in [-0.39, 0.29) is 17.8 Å². The maximum atomic E-state index is 13.8. The van der Waals surface area contributed by atoms with Gasteiger partial charge in [0, 0.05) is 25.0 Å². The van der Waals surface area contributed by atoms with E-state index in [1.165, 1.54) is 12.1 Å². The largest absolute Gasteiger partial charge is 0.497 e. The molecule has 1 aromatic heterocycles. The Bertz CT molecular complexity index is 1120. The molecule has 0 N–H and O–H groups in total. The van der Waals surface area contributed by atoms with E-state index >= 15 is 0 Å². The number of hydrogen-bond donors (Lipinski definition) is 0. The Hall–Kier alpha value is -3.15. The van der Waals surface area contributed by atoms with E-state index in [1.807, 2.05) is 42.3 Å². The number of hydrogen-bond acceptors (Lipinski definition) is 3. The first-order valence-corrected chi connectivity index (χ1v) is 11.2. The second kappa shape index (κ2) is 8.08. The Morgan fingerprint density at radius 2 is 1.88 bits per heavy atom. The smallest absolute Gasteiger partial charge is 0.233 e. The Balaban J connectivity index is 1.41. The van der Waals surface area contributed by atoms with Crippen LogP contribution in [0.3, 0.4) is 0 Å². The molecule has 0 bridgehead atoms. The second-order valence-electron chi connectivity index (χ2n) is 8.94. The Morgan fingerprint density at radius 1 is 1.16 bits per heavy atom. The molecule has 1 aliphatic heterocycles. The zero-order valence-corrected chi connectivity index (χ0v) is 18.6. The zero-order valence-electron chi connectivity index (χ0n) is 18.6. The molecule has 1 saturated heterocycles. The monoisotopic (exact) mass is 433 g/mol. The van der Waals surface area contributed by atoms with Crippen LogP contribution in [0.1, 0.15) is 54.4 Å². The Labute approximate surface area is 187 Å². The topological polar surface area (TPSA) is 47.4 Å². The zero-order chi connectivity index (χ0) is 22.3. The predicted molar refractivity (Wildman–Crippen MR) is 120 cm³/mol. The van der Waals surface area contributed by atoms with Gasteiger partial charge in [0.1, 0.15) is 17.4 Å². The fourth-order valence-electron chi connectivity index (χ4n) is 4.94. The molecule has 1 saturated carbocycles. The van der Waals surface area contributed by atoms with Crippen LogP contribution in [-0.4, -0.2) is 34.0 Å². The molecule has 6 heteroatoms. The van der Waals surface area contributed by atoms with E-state index < -0.39 is 5.41 Å². The van der Waals surface area contributed by atoms with Crippen LogP contribution >= 0.6 is 0 Å². The van der Waals surface area contributed by atoms with Crippen LogP contribution in [0, 0.1) is 12.7 Å². The molecule has 0 spiro atoms. The van der Waals surface area contributed by atoms with Gasteiger partial charge in [-0.05, 0) is 68.0 Å². The third-order valence-corrected chi connectivity index (χ3v) is 6.95. The van der Waals surface area contributed by atoms with Gasteiger partial charge in [0.15, 0.2) is 0 Å². The van der Waals surface area contributed by atoms with Gasteiger partial charge in [-0.15, -0.1) is 0 Å². The lowest BCUT2D eigenvalue weighted by molar-refractivity contribution is -0.135. The number of nitrogens with zero attached hydrogens (tertiary/aromatic N) is 3. The molecular formula is C26H28FN3O2. The van der Waals surface area contributed by atoms with Gasteiger partial charge in [-0.3, -0.25) is 4.79 Å². The minimum Gasteiger partial charge on any atom is -0.497 e. The summed E-state index contributed by atoms with van der Waals surface area (Å²) in [6, 6.07) is 14.5. The van der Waals surface area contributed by atoms with Crippen LogP contribution in [0.25, 0.3) is 0 Å². The van der Waals surface area contributed by atoms with Crippen molar-refractivity contribution in [1.29, 1.82) is 0 Å². The number of likely N-dealkylation sites (tertiary alicyclic amines) is 1. The number of benzene rings is 2. The predicted octanol–water partition coefficient (Wildman–Crippen LogP) is 4.78. The molecular weight excluding hydrogens is 405 g/mol. The standard InChI is InChI=1S/C26H28FN3O2/c1-18-16-28-24(30(18)17-19-5-9-21(27)10-6-19)23-4-3-15-29(23)25(31)26(13-14-26)20-7-11-22(32-2)12-8-20/h5-12,16,23H,3-4,13-15,17H2,1-2H3. The van der Waals surface area contributed by atoms with E-state index in [0.717, 1.165) is 60.6 Å². The molecule has 1 unspecified atom stereocenters. The molecule has 0 radical (unpaired) electrons. The SMILES string of the molecule is COc1ccc(C2(C(=O)N3CCCC3c3ncc(C)n3Cc3ccc(F)cc3)CC2)cc1. The van der Waals surface area contributed by atoms with E-state index in [1.54, 1.807) is 19.2 Å². The molecule has 1 amide bonds. The van der Waals surface area contributed by atoms with Crippen LogP contribution in [0.4, 0.5) is 4.39 Å². The van der Waals surface area contributed by atoms with Gasteiger partial charge in [-0.2, -0.15) is 0 Å². The number of carbonyl (C=O) groups excluding carboxylic acids is 1. The lowest BCUT2D eigenvalue weighted by atomic mass is 9.93. The minimum atomic E-state index is -0.418. The van der Waals surface area contributed by atoms with Gasteiger partial charge < -0.3 is 14.2 Å². The van der Waals surface area contributed by atoms with Crippen molar-refractivity contribution in [2.24, 2.45) is 0 Å². The van der Waals surface area contributed by atoms with Crippen molar-refractivity contribution < 1.29 is 13.9 Å². The Kier molecular flexibility index (Phi) is 5.24. The minimum absolute atomic E-state index is 0.0348. The molecule has 2 aromatic carbocycles. The summed E-state index contributed by atoms with van der Waals surface area (Å²) in [5.74, 6) is 1.69. The molecule has 32 heavy (non-hydrogen) atoms. The third-order valence-electron chi connectivity index (χ3n) is 6.95. The van der Waals surface area contributed by atoms with E-state index in [4.69, 9.17) is 9.72 Å². The van der Waals surface area contributed by atoms with Crippen molar-refractivity contribution in [3.8, 4) is 5.75 Å². The number of rotatable bonds is 6. The first kappa shape index (κ1) is 20.7. The molecule has 3 aromatic rings. The summed E-state index contributed by atoms with van der Waals surface area (Å²) in [5, 5.41) is 0. The summed E-state index contributed by atoms with van der Waals surface area (Å²) in [7, 11) is 1.65. The fourth-order valence-corrected chi connectivity index (χ4v) is 4.94. The van der Waals surface area contributed by atoms with Crippen molar-refractivity contribution in [1.82, 2.24) is 14.5 Å². The van der Waals surface area contributed by atoms with Crippen molar-refractivity contribution in [2.45, 2.75) is 50.6 Å². The number of ether oxygens (including phenoxy) is 1. The lowest BCUT2D eigenvalue weighted by Crippen LogP contribution is -2.39. The fraction of sp³-hybridized carbons (Fsp3) is 0.385. The van der Waals surface area contributed by atoms with E-state index in [0.29, 0.717) is 6.54 Å². The van der Waals surface area contributed by atoms with E-state index in [2.05, 4.69) is 4.57 Å². The number of imidazole rings is 1. The molecule has 1 atom stereocenters. The maximum absolute atomic E-state index is 13.8. The molecule has 2 heterocycles. The van der Waals surface area contributed by atoms with Gasteiger partial charge in [0.2, 0.25) is 5.91 Å². The van der Waals surface area contributed by atoms with Gasteiger partial charge in [0.05, 0.1) is 18.6 Å². The number of methoxy groups -OCH3 is 1. The quantitative estimate of drug-likeness (QED) is 0.562. The summed E-state index contributed by atoms with van der Waals surface area (Å²) in [6.07, 6.45) is 5.51. The summed E-state index contributed by atoms with van der Waals surface area (Å²) < 4.78 is 20.8. The highest BCUT2D eigenvalue weighted by atomic mass is 19.1. The van der Waals surface area contributed by atoms with Crippen LogP contribution in [-0.2, 0) is 16.8 Å². The van der Waals surface area contributed by atoms with E-state index in [9.17, 15) is 9.18 Å². The van der Waals surface area contributed by atoms with Gasteiger partial charge in [-0.1, -0.05) is 24.3 Å². The average Bonchev–Trinajstić information content (AvgIpc) is 3.35. The highest BCUT2D eigenvalue weighted by molar-refractivity contribution is 5.91. The average molecular weight is 434 g/mol. The summed E-state index contributed by atoms with van der Waals surface area (Å²) >= 11 is 0. The molecule has 2 fully saturated rings. The van der Waals surface area contributed by atoms with Gasteiger partial charge in [-0.25, -0.2) is 9.37 Å². The Morgan fingerprint density at radius 3 is 2.53 bits per heavy atom. The number of amides is 1. The van der Waals surface area contributed by atoms with Crippen LogP contribution in [0.5, 0.6) is 5.75 Å². The molecule has 2 aliphatic rings. The normalized spacial score (nSPS) is 19.2. The van der Waals surface area contributed by atoms with Gasteiger partial charge in [0.25, 0.3) is 0 Å². The van der Waals surface area contributed by atoms with Crippen molar-refractivity contribution in [2.75, 3.05) is 13.7 Å². The second-order valence-corrected chi connectivity index (χ2v) is 8.94. The van der Waals surface area contributed by atoms with Crippen LogP contribution in [0.15, 0.2) is 54.7 Å². The third kappa shape index (κ3) is 3.57. The maximum Gasteiger partial charge on any atom is 0.233 e. The van der Waals surface area contributed by atoms with Gasteiger partial charge >= 0.3 is 0 Å². The number of halogens is 1. The number of aromatic nitrogens is 2. The van der Waals surface area contributed by atoms with Crippen LogP contribution < -0.4 is 4.74 Å². The molecule has 5 nitrogen and oxygen atoms in total. The highest BCUT2D eigenvalue weighted by Crippen LogP contribution is 2.51. The first-order chi connectivity index (χ1) is 15.5.